The summed E-state index contributed by atoms with van der Waals surface area (Å²) in [6, 6.07) is 9.16. The quantitative estimate of drug-likeness (QED) is 0.832. The Balaban J connectivity index is 2.22. The van der Waals surface area contributed by atoms with E-state index in [1.54, 1.807) is 18.3 Å². The summed E-state index contributed by atoms with van der Waals surface area (Å²) in [5.74, 6) is 0. The van der Waals surface area contributed by atoms with E-state index in [2.05, 4.69) is 10.3 Å². The maximum absolute atomic E-state index is 5.97. The van der Waals surface area contributed by atoms with E-state index in [0.29, 0.717) is 15.7 Å². The second-order valence-corrected chi connectivity index (χ2v) is 4.79. The molecule has 3 N–H and O–H groups in total. The average Bonchev–Trinajstić information content (AvgIpc) is 2.37. The van der Waals surface area contributed by atoms with Crippen molar-refractivity contribution >= 4 is 34.6 Å². The molecule has 1 heterocycles. The van der Waals surface area contributed by atoms with Gasteiger partial charge in [0.25, 0.3) is 0 Å². The number of nitrogens with one attached hydrogen (secondary N) is 1. The summed E-state index contributed by atoms with van der Waals surface area (Å²) in [5.41, 5.74) is 8.14. The zero-order valence-corrected chi connectivity index (χ0v) is 11.3. The van der Waals surface area contributed by atoms with E-state index in [-0.39, 0.29) is 6.04 Å². The van der Waals surface area contributed by atoms with Crippen LogP contribution in [-0.2, 0) is 0 Å². The zero-order chi connectivity index (χ0) is 13.1. The highest BCUT2D eigenvalue weighted by molar-refractivity contribution is 6.42. The lowest BCUT2D eigenvalue weighted by molar-refractivity contribution is 0.840. The van der Waals surface area contributed by atoms with Crippen molar-refractivity contribution in [2.45, 2.75) is 13.0 Å². The Labute approximate surface area is 116 Å². The molecule has 0 aliphatic rings. The lowest BCUT2D eigenvalue weighted by Gasteiger charge is -2.17. The molecule has 5 heteroatoms. The Kier molecular flexibility index (Phi) is 3.94. The van der Waals surface area contributed by atoms with Crippen molar-refractivity contribution in [3.8, 4) is 0 Å². The van der Waals surface area contributed by atoms with Crippen LogP contribution in [0, 0.1) is 0 Å². The molecule has 0 aliphatic carbocycles. The van der Waals surface area contributed by atoms with Gasteiger partial charge in [0.1, 0.15) is 0 Å². The molecule has 94 valence electrons. The molecule has 0 radical (unpaired) electrons. The summed E-state index contributed by atoms with van der Waals surface area (Å²) in [6.07, 6.45) is 1.76. The molecule has 1 atom stereocenters. The van der Waals surface area contributed by atoms with Crippen molar-refractivity contribution in [1.29, 1.82) is 0 Å². The van der Waals surface area contributed by atoms with Gasteiger partial charge in [0.2, 0.25) is 0 Å². The van der Waals surface area contributed by atoms with Crippen molar-refractivity contribution in [3.63, 3.8) is 0 Å². The average molecular weight is 282 g/mol. The van der Waals surface area contributed by atoms with Crippen LogP contribution in [0.15, 0.2) is 36.5 Å². The van der Waals surface area contributed by atoms with Crippen LogP contribution in [0.2, 0.25) is 10.0 Å². The number of hydrogen-bond acceptors (Lipinski definition) is 3. The summed E-state index contributed by atoms with van der Waals surface area (Å²) >= 11 is 11.9. The number of anilines is 2. The summed E-state index contributed by atoms with van der Waals surface area (Å²) in [5, 5.41) is 4.19. The van der Waals surface area contributed by atoms with E-state index in [0.717, 1.165) is 11.4 Å². The van der Waals surface area contributed by atoms with Gasteiger partial charge in [-0.25, -0.2) is 0 Å². The molecule has 0 aliphatic heterocycles. The third-order valence-corrected chi connectivity index (χ3v) is 3.32. The van der Waals surface area contributed by atoms with Gasteiger partial charge in [0, 0.05) is 6.20 Å². The lowest BCUT2D eigenvalue weighted by Crippen LogP contribution is -2.09. The van der Waals surface area contributed by atoms with Gasteiger partial charge in [-0.3, -0.25) is 4.98 Å². The number of aromatic nitrogens is 1. The Bertz CT molecular complexity index is 543. The molecule has 0 spiro atoms. The lowest BCUT2D eigenvalue weighted by atomic mass is 10.2. The monoisotopic (exact) mass is 281 g/mol. The van der Waals surface area contributed by atoms with Crippen LogP contribution >= 0.6 is 23.2 Å². The number of nitrogens with two attached hydrogens (primary N) is 1. The van der Waals surface area contributed by atoms with Gasteiger partial charge in [-0.2, -0.15) is 0 Å². The molecule has 0 saturated carbocycles. The summed E-state index contributed by atoms with van der Waals surface area (Å²) in [6.45, 7) is 2.00. The topological polar surface area (TPSA) is 50.9 Å². The minimum absolute atomic E-state index is 0.0331. The summed E-state index contributed by atoms with van der Waals surface area (Å²) < 4.78 is 0. The first-order valence-electron chi connectivity index (χ1n) is 5.50. The van der Waals surface area contributed by atoms with Crippen LogP contribution in [0.5, 0.6) is 0 Å². The maximum Gasteiger partial charge on any atom is 0.0657 e. The zero-order valence-electron chi connectivity index (χ0n) is 9.82. The second kappa shape index (κ2) is 5.46. The third-order valence-electron chi connectivity index (χ3n) is 2.60. The van der Waals surface area contributed by atoms with E-state index in [9.17, 15) is 0 Å². The Morgan fingerprint density at radius 1 is 1.22 bits per heavy atom. The van der Waals surface area contributed by atoms with Crippen LogP contribution in [0.4, 0.5) is 11.4 Å². The van der Waals surface area contributed by atoms with Gasteiger partial charge in [0.05, 0.1) is 33.2 Å². The molecule has 1 unspecified atom stereocenters. The largest absolute Gasteiger partial charge is 0.397 e. The van der Waals surface area contributed by atoms with E-state index in [1.807, 2.05) is 25.1 Å². The first kappa shape index (κ1) is 13.0. The Morgan fingerprint density at radius 3 is 2.61 bits per heavy atom. The van der Waals surface area contributed by atoms with E-state index in [4.69, 9.17) is 28.9 Å². The number of hydrogen-bond donors (Lipinski definition) is 2. The van der Waals surface area contributed by atoms with Crippen LogP contribution in [0.3, 0.4) is 0 Å². The number of nitrogens with zero attached hydrogens (tertiary/aromatic N) is 1. The van der Waals surface area contributed by atoms with Crippen LogP contribution in [0.25, 0.3) is 0 Å². The molecule has 1 aromatic carbocycles. The van der Waals surface area contributed by atoms with Crippen molar-refractivity contribution in [3.05, 3.63) is 52.3 Å². The van der Waals surface area contributed by atoms with Gasteiger partial charge in [-0.1, -0.05) is 29.3 Å². The van der Waals surface area contributed by atoms with Gasteiger partial charge < -0.3 is 11.1 Å². The predicted molar refractivity (Wildman–Crippen MR) is 77.1 cm³/mol. The molecule has 3 nitrogen and oxygen atoms in total. The SMILES string of the molecule is CC(Nc1cc(Cl)c(Cl)cc1N)c1ccccn1. The fourth-order valence-electron chi connectivity index (χ4n) is 1.63. The number of rotatable bonds is 3. The fourth-order valence-corrected chi connectivity index (χ4v) is 1.96. The van der Waals surface area contributed by atoms with Gasteiger partial charge >= 0.3 is 0 Å². The molecule has 2 rings (SSSR count). The molecule has 0 saturated heterocycles. The molecule has 0 fully saturated rings. The minimum atomic E-state index is 0.0331. The van der Waals surface area contributed by atoms with Crippen LogP contribution in [-0.4, -0.2) is 4.98 Å². The summed E-state index contributed by atoms with van der Waals surface area (Å²) in [4.78, 5) is 4.28. The standard InChI is InChI=1S/C13H13Cl2N3/c1-8(12-4-2-3-5-17-12)18-13-7-10(15)9(14)6-11(13)16/h2-8,18H,16H2,1H3. The molecular formula is C13H13Cl2N3. The number of pyridine rings is 1. The predicted octanol–water partition coefficient (Wildman–Crippen LogP) is 4.14. The van der Waals surface area contributed by atoms with Crippen molar-refractivity contribution in [2.75, 3.05) is 11.1 Å². The number of benzene rings is 1. The molecular weight excluding hydrogens is 269 g/mol. The molecule has 18 heavy (non-hydrogen) atoms. The van der Waals surface area contributed by atoms with E-state index in [1.165, 1.54) is 0 Å². The maximum atomic E-state index is 5.97. The van der Waals surface area contributed by atoms with Crippen molar-refractivity contribution in [2.24, 2.45) is 0 Å². The van der Waals surface area contributed by atoms with Crippen LogP contribution in [0.1, 0.15) is 18.7 Å². The first-order chi connectivity index (χ1) is 8.58. The molecule has 0 bridgehead atoms. The van der Waals surface area contributed by atoms with Crippen molar-refractivity contribution in [1.82, 2.24) is 4.98 Å². The second-order valence-electron chi connectivity index (χ2n) is 3.97. The highest BCUT2D eigenvalue weighted by Crippen LogP contribution is 2.32. The smallest absolute Gasteiger partial charge is 0.0657 e. The van der Waals surface area contributed by atoms with Gasteiger partial charge in [-0.05, 0) is 31.2 Å². The van der Waals surface area contributed by atoms with E-state index < -0.39 is 0 Å². The first-order valence-corrected chi connectivity index (χ1v) is 6.25. The van der Waals surface area contributed by atoms with Gasteiger partial charge in [0.15, 0.2) is 0 Å². The number of nitrogen functional groups attached to an aromatic ring is 1. The highest BCUT2D eigenvalue weighted by Gasteiger charge is 2.10. The molecule has 1 aromatic heterocycles. The third kappa shape index (κ3) is 2.86. The highest BCUT2D eigenvalue weighted by atomic mass is 35.5. The molecule has 2 aromatic rings. The fraction of sp³-hybridized carbons (Fsp3) is 0.154. The normalized spacial score (nSPS) is 12.2. The Morgan fingerprint density at radius 2 is 1.94 bits per heavy atom. The van der Waals surface area contributed by atoms with Crippen LogP contribution < -0.4 is 11.1 Å². The van der Waals surface area contributed by atoms with Crippen molar-refractivity contribution < 1.29 is 0 Å². The molecule has 0 amide bonds. The summed E-state index contributed by atoms with van der Waals surface area (Å²) in [7, 11) is 0. The Hall–Kier alpha value is -1.45. The number of halogens is 2. The van der Waals surface area contributed by atoms with E-state index >= 15 is 0 Å². The van der Waals surface area contributed by atoms with Gasteiger partial charge in [-0.15, -0.1) is 0 Å². The minimum Gasteiger partial charge on any atom is -0.397 e.